The summed E-state index contributed by atoms with van der Waals surface area (Å²) < 4.78 is 10.3. The van der Waals surface area contributed by atoms with Gasteiger partial charge in [-0.25, -0.2) is 0 Å². The quantitative estimate of drug-likeness (QED) is 0.639. The molecule has 3 aliphatic rings. The van der Waals surface area contributed by atoms with Gasteiger partial charge >= 0.3 is 0 Å². The lowest BCUT2D eigenvalue weighted by molar-refractivity contribution is -0.167. The number of amides is 2. The Morgan fingerprint density at radius 1 is 1.26 bits per heavy atom. The van der Waals surface area contributed by atoms with E-state index in [0.717, 1.165) is 24.2 Å². The summed E-state index contributed by atoms with van der Waals surface area (Å²) in [7, 11) is 1.61. The fraction of sp³-hybridized carbons (Fsp3) is 0.565. The van der Waals surface area contributed by atoms with Crippen LogP contribution in [0.15, 0.2) is 24.3 Å². The van der Waals surface area contributed by atoms with Crippen LogP contribution in [0, 0.1) is 11.8 Å². The fourth-order valence-electron chi connectivity index (χ4n) is 4.74. The predicted octanol–water partition coefficient (Wildman–Crippen LogP) is -0.486. The molecular weight excluding hydrogens is 398 g/mol. The zero-order valence-corrected chi connectivity index (χ0v) is 17.8. The molecule has 8 nitrogen and oxygen atoms in total. The Bertz CT molecular complexity index is 856. The zero-order valence-electron chi connectivity index (χ0n) is 17.8. The number of benzene rings is 1. The molecule has 0 saturated carbocycles. The Labute approximate surface area is 182 Å². The smallest absolute Gasteiger partial charge is 0.242 e. The average molecular weight is 428 g/mol. The SMILES string of the molecule is COCC#Cc1ccc([C@@H]2[C@@H](CO)N3C(=O)CN(C(=O)CN4CCOCC4)C[C@@H]23)cc1. The van der Waals surface area contributed by atoms with E-state index >= 15 is 0 Å². The summed E-state index contributed by atoms with van der Waals surface area (Å²) in [5.74, 6) is 5.85. The number of aliphatic hydroxyl groups excluding tert-OH is 1. The highest BCUT2D eigenvalue weighted by molar-refractivity contribution is 5.88. The normalized spacial score (nSPS) is 26.0. The molecule has 0 spiro atoms. The van der Waals surface area contributed by atoms with Gasteiger partial charge in [-0.2, -0.15) is 0 Å². The van der Waals surface area contributed by atoms with Crippen LogP contribution in [-0.4, -0.2) is 110 Å². The van der Waals surface area contributed by atoms with E-state index in [4.69, 9.17) is 9.47 Å². The summed E-state index contributed by atoms with van der Waals surface area (Å²) in [5, 5.41) is 9.93. The molecule has 3 aliphatic heterocycles. The van der Waals surface area contributed by atoms with Gasteiger partial charge in [0.15, 0.2) is 0 Å². The Hall–Kier alpha value is -2.44. The summed E-state index contributed by atoms with van der Waals surface area (Å²) in [6.45, 7) is 3.91. The monoisotopic (exact) mass is 427 g/mol. The summed E-state index contributed by atoms with van der Waals surface area (Å²) in [6, 6.07) is 7.53. The molecule has 2 amide bonds. The number of fused-ring (bicyclic) bond motifs is 1. The molecule has 1 aromatic rings. The number of carbonyl (C=O) groups excluding carboxylic acids is 2. The number of piperazine rings is 1. The first-order chi connectivity index (χ1) is 15.1. The summed E-state index contributed by atoms with van der Waals surface area (Å²) in [6.07, 6.45) is 0. The number of nitrogens with zero attached hydrogens (tertiary/aromatic N) is 3. The first-order valence-corrected chi connectivity index (χ1v) is 10.7. The third-order valence-electron chi connectivity index (χ3n) is 6.31. The molecule has 1 N–H and O–H groups in total. The Kier molecular flexibility index (Phi) is 6.88. The van der Waals surface area contributed by atoms with Crippen LogP contribution in [-0.2, 0) is 19.1 Å². The van der Waals surface area contributed by atoms with Crippen molar-refractivity contribution in [2.75, 3.05) is 66.3 Å². The van der Waals surface area contributed by atoms with E-state index in [0.29, 0.717) is 32.9 Å². The molecule has 3 heterocycles. The number of hydrogen-bond acceptors (Lipinski definition) is 6. The van der Waals surface area contributed by atoms with Crippen molar-refractivity contribution in [1.29, 1.82) is 0 Å². The number of morpholine rings is 1. The van der Waals surface area contributed by atoms with Gasteiger partial charge in [0, 0.05) is 38.2 Å². The van der Waals surface area contributed by atoms with E-state index in [1.807, 2.05) is 24.3 Å². The van der Waals surface area contributed by atoms with Gasteiger partial charge < -0.3 is 24.4 Å². The minimum absolute atomic E-state index is 0.00563. The van der Waals surface area contributed by atoms with Gasteiger partial charge in [-0.3, -0.25) is 14.5 Å². The van der Waals surface area contributed by atoms with Crippen LogP contribution < -0.4 is 0 Å². The van der Waals surface area contributed by atoms with Crippen LogP contribution in [0.5, 0.6) is 0 Å². The minimum atomic E-state index is -0.251. The molecule has 8 heteroatoms. The second kappa shape index (κ2) is 9.79. The Balaban J connectivity index is 1.45. The molecule has 4 rings (SSSR count). The third-order valence-corrected chi connectivity index (χ3v) is 6.31. The summed E-state index contributed by atoms with van der Waals surface area (Å²) in [4.78, 5) is 31.1. The summed E-state index contributed by atoms with van der Waals surface area (Å²) >= 11 is 0. The molecule has 0 bridgehead atoms. The van der Waals surface area contributed by atoms with Crippen molar-refractivity contribution >= 4 is 11.8 Å². The van der Waals surface area contributed by atoms with Crippen LogP contribution in [0.25, 0.3) is 0 Å². The lowest BCUT2D eigenvalue weighted by atomic mass is 9.73. The van der Waals surface area contributed by atoms with Gasteiger partial charge in [0.1, 0.15) is 6.61 Å². The predicted molar refractivity (Wildman–Crippen MR) is 113 cm³/mol. The second-order valence-electron chi connectivity index (χ2n) is 8.16. The van der Waals surface area contributed by atoms with E-state index in [-0.39, 0.29) is 43.0 Å². The maximum atomic E-state index is 12.9. The van der Waals surface area contributed by atoms with Crippen LogP contribution in [0.1, 0.15) is 17.0 Å². The molecule has 0 aromatic heterocycles. The summed E-state index contributed by atoms with van der Waals surface area (Å²) in [5.41, 5.74) is 1.94. The third kappa shape index (κ3) is 4.60. The van der Waals surface area contributed by atoms with Crippen LogP contribution in [0.4, 0.5) is 0 Å². The van der Waals surface area contributed by atoms with Crippen molar-refractivity contribution in [2.24, 2.45) is 0 Å². The van der Waals surface area contributed by atoms with Gasteiger partial charge in [0.25, 0.3) is 0 Å². The van der Waals surface area contributed by atoms with Crippen molar-refractivity contribution in [3.8, 4) is 11.8 Å². The van der Waals surface area contributed by atoms with Crippen molar-refractivity contribution in [1.82, 2.24) is 14.7 Å². The standard InChI is InChI=1S/C23H29N3O5/c1-30-10-2-3-17-4-6-18(7-5-17)23-19-13-25(15-22(29)26(19)20(23)16-27)21(28)14-24-8-11-31-12-9-24/h4-7,19-20,23,27H,8-16H2,1H3/t19-,20+,23-/m0/s1. The van der Waals surface area contributed by atoms with Crippen molar-refractivity contribution in [2.45, 2.75) is 18.0 Å². The number of hydrogen-bond donors (Lipinski definition) is 1. The average Bonchev–Trinajstić information content (AvgIpc) is 2.77. The first-order valence-electron chi connectivity index (χ1n) is 10.7. The molecular formula is C23H29N3O5. The van der Waals surface area contributed by atoms with Crippen LogP contribution in [0.3, 0.4) is 0 Å². The lowest BCUT2D eigenvalue weighted by Crippen LogP contribution is -2.73. The van der Waals surface area contributed by atoms with E-state index in [1.165, 1.54) is 0 Å². The number of rotatable bonds is 5. The number of ether oxygens (including phenoxy) is 2. The highest BCUT2D eigenvalue weighted by Crippen LogP contribution is 2.42. The number of carbonyl (C=O) groups is 2. The first kappa shape index (κ1) is 21.8. The number of methoxy groups -OCH3 is 1. The van der Waals surface area contributed by atoms with E-state index in [1.54, 1.807) is 16.9 Å². The Morgan fingerprint density at radius 2 is 2.00 bits per heavy atom. The fourth-order valence-corrected chi connectivity index (χ4v) is 4.74. The molecule has 3 saturated heterocycles. The van der Waals surface area contributed by atoms with Gasteiger partial charge in [-0.15, -0.1) is 0 Å². The Morgan fingerprint density at radius 3 is 2.68 bits per heavy atom. The molecule has 0 aliphatic carbocycles. The van der Waals surface area contributed by atoms with Crippen molar-refractivity contribution < 1.29 is 24.2 Å². The number of aliphatic hydroxyl groups is 1. The van der Waals surface area contributed by atoms with Crippen LogP contribution >= 0.6 is 0 Å². The highest BCUT2D eigenvalue weighted by atomic mass is 16.5. The molecule has 31 heavy (non-hydrogen) atoms. The van der Waals surface area contributed by atoms with Gasteiger partial charge in [-0.1, -0.05) is 24.0 Å². The zero-order chi connectivity index (χ0) is 21.8. The molecule has 0 radical (unpaired) electrons. The van der Waals surface area contributed by atoms with Gasteiger partial charge in [0.05, 0.1) is 45.0 Å². The van der Waals surface area contributed by atoms with Gasteiger partial charge in [-0.05, 0) is 17.7 Å². The maximum Gasteiger partial charge on any atom is 0.242 e. The molecule has 3 fully saturated rings. The maximum absolute atomic E-state index is 12.9. The van der Waals surface area contributed by atoms with E-state index in [9.17, 15) is 14.7 Å². The molecule has 166 valence electrons. The topological polar surface area (TPSA) is 82.6 Å². The molecule has 3 atom stereocenters. The molecule has 0 unspecified atom stereocenters. The highest BCUT2D eigenvalue weighted by Gasteiger charge is 2.54. The largest absolute Gasteiger partial charge is 0.394 e. The second-order valence-corrected chi connectivity index (χ2v) is 8.16. The van der Waals surface area contributed by atoms with Gasteiger partial charge in [0.2, 0.25) is 11.8 Å². The van der Waals surface area contributed by atoms with Crippen molar-refractivity contribution in [3.05, 3.63) is 35.4 Å². The van der Waals surface area contributed by atoms with E-state index < -0.39 is 0 Å². The van der Waals surface area contributed by atoms with Crippen molar-refractivity contribution in [3.63, 3.8) is 0 Å². The molecule has 1 aromatic carbocycles. The lowest BCUT2D eigenvalue weighted by Gasteiger charge is -2.58. The van der Waals surface area contributed by atoms with Crippen LogP contribution in [0.2, 0.25) is 0 Å². The minimum Gasteiger partial charge on any atom is -0.394 e. The van der Waals surface area contributed by atoms with E-state index in [2.05, 4.69) is 16.7 Å².